The fraction of sp³-hybridized carbons (Fsp3) is 0.368. The van der Waals surface area contributed by atoms with E-state index in [-0.39, 0.29) is 33.5 Å². The van der Waals surface area contributed by atoms with Crippen LogP contribution in [0.4, 0.5) is 5.00 Å². The van der Waals surface area contributed by atoms with E-state index >= 15 is 0 Å². The van der Waals surface area contributed by atoms with Gasteiger partial charge in [-0.25, -0.2) is 8.42 Å². The Labute approximate surface area is 179 Å². The van der Waals surface area contributed by atoms with E-state index in [9.17, 15) is 18.0 Å². The minimum absolute atomic E-state index is 0.0202. The Kier molecular flexibility index (Phi) is 6.33. The summed E-state index contributed by atoms with van der Waals surface area (Å²) in [6.45, 7) is 3.51. The van der Waals surface area contributed by atoms with Gasteiger partial charge in [0.15, 0.2) is 0 Å². The summed E-state index contributed by atoms with van der Waals surface area (Å²) >= 11 is 7.37. The van der Waals surface area contributed by atoms with Crippen LogP contribution in [0.2, 0.25) is 5.02 Å². The number of rotatable bonds is 7. The van der Waals surface area contributed by atoms with Gasteiger partial charge in [-0.1, -0.05) is 11.6 Å². The average Bonchev–Trinajstić information content (AvgIpc) is 3.35. The number of nitrogens with zero attached hydrogens (tertiary/aromatic N) is 1. The Balaban J connectivity index is 1.85. The van der Waals surface area contributed by atoms with Gasteiger partial charge in [0, 0.05) is 19.1 Å². The van der Waals surface area contributed by atoms with Crippen molar-refractivity contribution in [3.63, 3.8) is 0 Å². The molecule has 29 heavy (non-hydrogen) atoms. The van der Waals surface area contributed by atoms with Crippen LogP contribution in [0, 0.1) is 0 Å². The highest BCUT2D eigenvalue weighted by Crippen LogP contribution is 2.28. The maximum absolute atomic E-state index is 12.8. The van der Waals surface area contributed by atoms with Crippen molar-refractivity contribution in [3.05, 3.63) is 45.8 Å². The molecule has 0 unspecified atom stereocenters. The van der Waals surface area contributed by atoms with Crippen LogP contribution in [-0.2, 0) is 10.0 Å². The highest BCUT2D eigenvalue weighted by atomic mass is 35.5. The average molecular weight is 456 g/mol. The molecule has 0 aliphatic heterocycles. The molecule has 0 bridgehead atoms. The molecule has 1 aliphatic rings. The second kappa shape index (κ2) is 8.43. The van der Waals surface area contributed by atoms with Crippen LogP contribution in [0.25, 0.3) is 0 Å². The normalized spacial score (nSPS) is 14.3. The summed E-state index contributed by atoms with van der Waals surface area (Å²) in [4.78, 5) is 25.1. The molecule has 0 atom stereocenters. The van der Waals surface area contributed by atoms with Crippen molar-refractivity contribution in [2.75, 3.05) is 12.4 Å². The molecule has 156 valence electrons. The lowest BCUT2D eigenvalue weighted by Gasteiger charge is -2.21. The smallest absolute Gasteiger partial charge is 0.257 e. The Morgan fingerprint density at radius 2 is 1.86 bits per heavy atom. The number of sulfonamides is 1. The molecule has 1 fully saturated rings. The van der Waals surface area contributed by atoms with E-state index < -0.39 is 15.9 Å². The van der Waals surface area contributed by atoms with Gasteiger partial charge >= 0.3 is 0 Å². The van der Waals surface area contributed by atoms with Crippen LogP contribution in [0.15, 0.2) is 34.5 Å². The second-order valence-corrected chi connectivity index (χ2v) is 10.4. The molecule has 3 rings (SSSR count). The number of amides is 2. The number of halogens is 1. The fourth-order valence-corrected chi connectivity index (χ4v) is 4.91. The molecule has 1 aliphatic carbocycles. The number of hydrogen-bond acceptors (Lipinski definition) is 5. The van der Waals surface area contributed by atoms with Crippen molar-refractivity contribution in [2.45, 2.75) is 43.7 Å². The van der Waals surface area contributed by atoms with E-state index in [1.165, 1.54) is 40.9 Å². The van der Waals surface area contributed by atoms with Gasteiger partial charge in [0.25, 0.3) is 11.8 Å². The van der Waals surface area contributed by atoms with E-state index in [0.29, 0.717) is 10.6 Å². The molecule has 1 saturated carbocycles. The molecule has 1 heterocycles. The third-order valence-electron chi connectivity index (χ3n) is 4.64. The number of carbonyl (C=O) groups is 2. The van der Waals surface area contributed by atoms with E-state index in [1.807, 2.05) is 0 Å². The number of benzene rings is 1. The first-order chi connectivity index (χ1) is 13.6. The molecular weight excluding hydrogens is 434 g/mol. The van der Waals surface area contributed by atoms with Crippen molar-refractivity contribution < 1.29 is 18.0 Å². The fourth-order valence-electron chi connectivity index (χ4n) is 2.53. The van der Waals surface area contributed by atoms with Gasteiger partial charge in [-0.05, 0) is 56.3 Å². The van der Waals surface area contributed by atoms with Gasteiger partial charge in [-0.15, -0.1) is 11.3 Å². The maximum atomic E-state index is 12.8. The zero-order chi connectivity index (χ0) is 21.3. The Hall–Kier alpha value is -1.94. The highest BCUT2D eigenvalue weighted by Gasteiger charge is 2.27. The largest absolute Gasteiger partial charge is 0.349 e. The quantitative estimate of drug-likeness (QED) is 0.667. The molecule has 7 nitrogen and oxygen atoms in total. The number of thiophene rings is 1. The number of anilines is 1. The predicted octanol–water partition coefficient (Wildman–Crippen LogP) is 3.57. The van der Waals surface area contributed by atoms with E-state index in [2.05, 4.69) is 10.6 Å². The summed E-state index contributed by atoms with van der Waals surface area (Å²) < 4.78 is 26.7. The Bertz CT molecular complexity index is 1050. The maximum Gasteiger partial charge on any atom is 0.257 e. The number of nitrogens with one attached hydrogen (secondary N) is 2. The molecular formula is C19H22ClN3O4S2. The van der Waals surface area contributed by atoms with Gasteiger partial charge < -0.3 is 10.6 Å². The molecule has 0 radical (unpaired) electrons. The Morgan fingerprint density at radius 1 is 1.17 bits per heavy atom. The predicted molar refractivity (Wildman–Crippen MR) is 114 cm³/mol. The molecule has 10 heteroatoms. The van der Waals surface area contributed by atoms with Crippen LogP contribution < -0.4 is 10.6 Å². The van der Waals surface area contributed by atoms with Gasteiger partial charge in [0.2, 0.25) is 10.0 Å². The van der Waals surface area contributed by atoms with Crippen molar-refractivity contribution in [1.29, 1.82) is 0 Å². The molecule has 2 amide bonds. The van der Waals surface area contributed by atoms with Gasteiger partial charge in [-0.3, -0.25) is 9.59 Å². The zero-order valence-electron chi connectivity index (χ0n) is 16.2. The van der Waals surface area contributed by atoms with Crippen LogP contribution in [0.3, 0.4) is 0 Å². The SMILES string of the molecule is CC(C)N(C)S(=O)(=O)c1ccc(Cl)c(C(=O)Nc2sccc2C(=O)NC2CC2)c1. The van der Waals surface area contributed by atoms with Gasteiger partial charge in [0.05, 0.1) is 21.0 Å². The van der Waals surface area contributed by atoms with Crippen LogP contribution in [0.5, 0.6) is 0 Å². The summed E-state index contributed by atoms with van der Waals surface area (Å²) in [5.41, 5.74) is 0.390. The lowest BCUT2D eigenvalue weighted by molar-refractivity contribution is 0.0952. The minimum atomic E-state index is -3.77. The first kappa shape index (κ1) is 21.8. The third kappa shape index (κ3) is 4.80. The third-order valence-corrected chi connectivity index (χ3v) is 7.83. The summed E-state index contributed by atoms with van der Waals surface area (Å²) in [5.74, 6) is -0.827. The van der Waals surface area contributed by atoms with Crippen LogP contribution in [0.1, 0.15) is 47.4 Å². The lowest BCUT2D eigenvalue weighted by atomic mass is 10.2. The standard InChI is InChI=1S/C19H22ClN3O4S2/c1-11(2)23(3)29(26,27)13-6-7-16(20)15(10-13)18(25)22-19-14(8-9-28-19)17(24)21-12-4-5-12/h6-12H,4-5H2,1-3H3,(H,21,24)(H,22,25). The Morgan fingerprint density at radius 3 is 2.48 bits per heavy atom. The molecule has 1 aromatic heterocycles. The van der Waals surface area contributed by atoms with E-state index in [0.717, 1.165) is 12.8 Å². The first-order valence-corrected chi connectivity index (χ1v) is 11.8. The molecule has 2 aromatic rings. The molecule has 1 aromatic carbocycles. The summed E-state index contributed by atoms with van der Waals surface area (Å²) in [6.07, 6.45) is 1.92. The van der Waals surface area contributed by atoms with Crippen LogP contribution >= 0.6 is 22.9 Å². The minimum Gasteiger partial charge on any atom is -0.349 e. The van der Waals surface area contributed by atoms with Gasteiger partial charge in [0.1, 0.15) is 5.00 Å². The lowest BCUT2D eigenvalue weighted by Crippen LogP contribution is -2.33. The zero-order valence-corrected chi connectivity index (χ0v) is 18.6. The molecule has 2 N–H and O–H groups in total. The summed E-state index contributed by atoms with van der Waals surface area (Å²) in [5, 5.41) is 7.77. The molecule has 0 spiro atoms. The first-order valence-electron chi connectivity index (χ1n) is 9.08. The van der Waals surface area contributed by atoms with Gasteiger partial charge in [-0.2, -0.15) is 4.31 Å². The van der Waals surface area contributed by atoms with E-state index in [4.69, 9.17) is 11.6 Å². The van der Waals surface area contributed by atoms with Crippen molar-refractivity contribution >= 4 is 49.8 Å². The van der Waals surface area contributed by atoms with Crippen molar-refractivity contribution in [1.82, 2.24) is 9.62 Å². The monoisotopic (exact) mass is 455 g/mol. The highest BCUT2D eigenvalue weighted by molar-refractivity contribution is 7.89. The summed E-state index contributed by atoms with van der Waals surface area (Å²) in [6, 6.07) is 5.59. The summed E-state index contributed by atoms with van der Waals surface area (Å²) in [7, 11) is -2.29. The number of hydrogen-bond donors (Lipinski definition) is 2. The van der Waals surface area contributed by atoms with E-state index in [1.54, 1.807) is 25.3 Å². The van der Waals surface area contributed by atoms with Crippen LogP contribution in [-0.4, -0.2) is 43.7 Å². The van der Waals surface area contributed by atoms with Crippen molar-refractivity contribution in [3.8, 4) is 0 Å². The second-order valence-electron chi connectivity index (χ2n) is 7.12. The van der Waals surface area contributed by atoms with Crippen molar-refractivity contribution in [2.24, 2.45) is 0 Å². The number of carbonyl (C=O) groups excluding carboxylic acids is 2. The topological polar surface area (TPSA) is 95.6 Å². The molecule has 0 saturated heterocycles.